The highest BCUT2D eigenvalue weighted by atomic mass is 32.2. The van der Waals surface area contributed by atoms with Crippen LogP contribution in [0.25, 0.3) is 10.1 Å². The maximum absolute atomic E-state index is 12.6. The predicted molar refractivity (Wildman–Crippen MR) is 113 cm³/mol. The Kier molecular flexibility index (Phi) is 5.75. The Balaban J connectivity index is 1.69. The molecule has 2 aromatic heterocycles. The molecule has 1 aromatic carbocycles. The lowest BCUT2D eigenvalue weighted by molar-refractivity contribution is -0.114. The Bertz CT molecular complexity index is 1140. The van der Waals surface area contributed by atoms with Crippen LogP contribution in [-0.2, 0) is 21.2 Å². The molecule has 0 fully saturated rings. The lowest BCUT2D eigenvalue weighted by Gasteiger charge is -2.12. The molecule has 0 radical (unpaired) electrons. The predicted octanol–water partition coefficient (Wildman–Crippen LogP) is 2.75. The van der Waals surface area contributed by atoms with Gasteiger partial charge in [-0.2, -0.15) is 4.72 Å². The van der Waals surface area contributed by atoms with E-state index in [9.17, 15) is 13.2 Å². The van der Waals surface area contributed by atoms with Gasteiger partial charge in [-0.15, -0.1) is 22.7 Å². The van der Waals surface area contributed by atoms with Crippen molar-refractivity contribution < 1.29 is 13.2 Å². The van der Waals surface area contributed by atoms with Gasteiger partial charge in [-0.25, -0.2) is 8.42 Å². The number of carbonyl (C=O) groups is 1. The van der Waals surface area contributed by atoms with Crippen LogP contribution in [0.2, 0.25) is 0 Å². The van der Waals surface area contributed by atoms with Crippen LogP contribution >= 0.6 is 22.7 Å². The van der Waals surface area contributed by atoms with E-state index in [0.717, 1.165) is 21.4 Å². The Morgan fingerprint density at radius 3 is 2.61 bits per heavy atom. The average molecular weight is 435 g/mol. The zero-order valence-corrected chi connectivity index (χ0v) is 17.3. The number of hydrogen-bond donors (Lipinski definition) is 4. The smallest absolute Gasteiger partial charge is 0.250 e. The Labute approximate surface area is 170 Å². The lowest BCUT2D eigenvalue weighted by Crippen LogP contribution is -2.41. The van der Waals surface area contributed by atoms with Gasteiger partial charge in [0.25, 0.3) is 10.0 Å². The average Bonchev–Trinajstić information content (AvgIpc) is 3.27. The molecule has 10 heteroatoms. The van der Waals surface area contributed by atoms with Crippen LogP contribution in [-0.4, -0.2) is 31.8 Å². The van der Waals surface area contributed by atoms with Gasteiger partial charge >= 0.3 is 0 Å². The number of nitrogens with two attached hydrogens (primary N) is 1. The SMILES string of the molecule is CC(NS(=O)(=O)c1cc2ccccc2s1)C(=O)C(=N)Cc1csc(C(=N)N)c1. The van der Waals surface area contributed by atoms with Crippen molar-refractivity contribution in [2.75, 3.05) is 0 Å². The third-order valence-corrected chi connectivity index (χ3v) is 8.13. The van der Waals surface area contributed by atoms with E-state index in [2.05, 4.69) is 4.72 Å². The minimum Gasteiger partial charge on any atom is -0.383 e. The topological polar surface area (TPSA) is 137 Å². The van der Waals surface area contributed by atoms with E-state index in [1.54, 1.807) is 17.5 Å². The molecule has 3 aromatic rings. The summed E-state index contributed by atoms with van der Waals surface area (Å²) in [4.78, 5) is 13.0. The third-order valence-electron chi connectivity index (χ3n) is 3.99. The third kappa shape index (κ3) is 4.36. The number of sulfonamides is 1. The summed E-state index contributed by atoms with van der Waals surface area (Å²) in [6, 6.07) is 9.48. The van der Waals surface area contributed by atoms with Crippen molar-refractivity contribution in [3.63, 3.8) is 0 Å². The second-order valence-electron chi connectivity index (χ2n) is 6.20. The molecule has 0 aliphatic carbocycles. The number of benzene rings is 1. The Morgan fingerprint density at radius 1 is 1.25 bits per heavy atom. The standard InChI is InChI=1S/C18H18N4O3S3/c1-10(17(23)13(19)6-11-7-15(18(20)21)26-9-11)22-28(24,25)16-8-12-4-2-3-5-14(12)27-16/h2-5,7-10,19,22H,6H2,1H3,(H3,20,21). The number of nitrogen functional groups attached to an aromatic ring is 1. The lowest BCUT2D eigenvalue weighted by atomic mass is 10.0. The molecule has 28 heavy (non-hydrogen) atoms. The zero-order chi connectivity index (χ0) is 20.5. The Hall–Kier alpha value is -2.40. The van der Waals surface area contributed by atoms with Crippen molar-refractivity contribution in [1.82, 2.24) is 4.72 Å². The fourth-order valence-corrected chi connectivity index (χ4v) is 5.99. The number of ketones is 1. The van der Waals surface area contributed by atoms with Crippen LogP contribution in [0, 0.1) is 10.8 Å². The van der Waals surface area contributed by atoms with E-state index in [0.29, 0.717) is 10.4 Å². The largest absolute Gasteiger partial charge is 0.383 e. The van der Waals surface area contributed by atoms with E-state index >= 15 is 0 Å². The number of fused-ring (bicyclic) bond motifs is 1. The van der Waals surface area contributed by atoms with E-state index in [-0.39, 0.29) is 22.2 Å². The molecule has 0 amide bonds. The fourth-order valence-electron chi connectivity index (χ4n) is 2.60. The van der Waals surface area contributed by atoms with E-state index in [1.807, 2.05) is 24.3 Å². The van der Waals surface area contributed by atoms with Gasteiger partial charge in [0, 0.05) is 11.1 Å². The molecule has 3 rings (SSSR count). The minimum atomic E-state index is -3.87. The molecular formula is C18H18N4O3S3. The second kappa shape index (κ2) is 7.92. The minimum absolute atomic E-state index is 0.0531. The summed E-state index contributed by atoms with van der Waals surface area (Å²) in [6.45, 7) is 1.43. The van der Waals surface area contributed by atoms with E-state index in [1.165, 1.54) is 18.3 Å². The summed E-state index contributed by atoms with van der Waals surface area (Å²) in [5.74, 6) is -0.668. The maximum atomic E-state index is 12.6. The van der Waals surface area contributed by atoms with E-state index < -0.39 is 21.8 Å². The number of carbonyl (C=O) groups excluding carboxylic acids is 1. The summed E-state index contributed by atoms with van der Waals surface area (Å²) in [6.07, 6.45) is 0.0531. The van der Waals surface area contributed by atoms with Gasteiger partial charge in [0.1, 0.15) is 10.0 Å². The highest BCUT2D eigenvalue weighted by Gasteiger charge is 2.26. The van der Waals surface area contributed by atoms with Crippen LogP contribution < -0.4 is 10.5 Å². The number of Topliss-reactive ketones (excluding diaryl/α,β-unsaturated/α-hetero) is 1. The summed E-state index contributed by atoms with van der Waals surface area (Å²) in [5.41, 5.74) is 5.90. The summed E-state index contributed by atoms with van der Waals surface area (Å²) >= 11 is 2.39. The monoisotopic (exact) mass is 434 g/mol. The molecule has 0 aliphatic heterocycles. The first kappa shape index (κ1) is 20.3. The van der Waals surface area contributed by atoms with Gasteiger partial charge in [-0.05, 0) is 41.5 Å². The van der Waals surface area contributed by atoms with Crippen molar-refractivity contribution in [1.29, 1.82) is 10.8 Å². The van der Waals surface area contributed by atoms with Crippen molar-refractivity contribution >= 4 is 60.1 Å². The van der Waals surface area contributed by atoms with Crippen LogP contribution in [0.5, 0.6) is 0 Å². The number of amidine groups is 1. The molecule has 0 spiro atoms. The quantitative estimate of drug-likeness (QED) is 0.320. The maximum Gasteiger partial charge on any atom is 0.250 e. The molecule has 7 nitrogen and oxygen atoms in total. The molecule has 0 bridgehead atoms. The number of thiophene rings is 2. The number of nitrogens with one attached hydrogen (secondary N) is 3. The summed E-state index contributed by atoms with van der Waals surface area (Å²) in [7, 11) is -3.87. The molecule has 0 saturated heterocycles. The molecule has 2 heterocycles. The molecule has 1 unspecified atom stereocenters. The molecule has 1 atom stereocenters. The van der Waals surface area contributed by atoms with Crippen LogP contribution in [0.4, 0.5) is 0 Å². The highest BCUT2D eigenvalue weighted by Crippen LogP contribution is 2.28. The molecular weight excluding hydrogens is 416 g/mol. The van der Waals surface area contributed by atoms with Gasteiger partial charge in [0.15, 0.2) is 5.78 Å². The van der Waals surface area contributed by atoms with Gasteiger partial charge < -0.3 is 11.1 Å². The first-order chi connectivity index (χ1) is 13.2. The van der Waals surface area contributed by atoms with Crippen LogP contribution in [0.1, 0.15) is 17.4 Å². The van der Waals surface area contributed by atoms with E-state index in [4.69, 9.17) is 16.6 Å². The van der Waals surface area contributed by atoms with Crippen molar-refractivity contribution in [2.24, 2.45) is 5.73 Å². The normalized spacial score (nSPS) is 12.8. The van der Waals surface area contributed by atoms with Crippen LogP contribution in [0.3, 0.4) is 0 Å². The van der Waals surface area contributed by atoms with Crippen molar-refractivity contribution in [3.8, 4) is 0 Å². The number of hydrogen-bond acceptors (Lipinski definition) is 7. The first-order valence-electron chi connectivity index (χ1n) is 8.21. The molecule has 0 aliphatic rings. The number of rotatable bonds is 8. The van der Waals surface area contributed by atoms with Crippen molar-refractivity contribution in [2.45, 2.75) is 23.6 Å². The summed E-state index contributed by atoms with van der Waals surface area (Å²) < 4.78 is 28.6. The highest BCUT2D eigenvalue weighted by molar-refractivity contribution is 7.91. The van der Waals surface area contributed by atoms with Gasteiger partial charge in [-0.1, -0.05) is 18.2 Å². The van der Waals surface area contributed by atoms with Gasteiger partial charge in [0.05, 0.1) is 16.6 Å². The zero-order valence-electron chi connectivity index (χ0n) is 14.9. The summed E-state index contributed by atoms with van der Waals surface area (Å²) in [5, 5.41) is 18.0. The van der Waals surface area contributed by atoms with Crippen LogP contribution in [0.15, 0.2) is 46.0 Å². The molecule has 5 N–H and O–H groups in total. The molecule has 0 saturated carbocycles. The second-order valence-corrected chi connectivity index (χ2v) is 10.1. The van der Waals surface area contributed by atoms with Gasteiger partial charge in [-0.3, -0.25) is 10.2 Å². The van der Waals surface area contributed by atoms with Crippen molar-refractivity contribution in [3.05, 3.63) is 52.2 Å². The molecule has 146 valence electrons. The fraction of sp³-hybridized carbons (Fsp3) is 0.167. The van der Waals surface area contributed by atoms with Gasteiger partial charge in [0.2, 0.25) is 0 Å². The first-order valence-corrected chi connectivity index (χ1v) is 11.4. The Morgan fingerprint density at radius 2 is 1.96 bits per heavy atom.